The van der Waals surface area contributed by atoms with E-state index < -0.39 is 0 Å². The van der Waals surface area contributed by atoms with Gasteiger partial charge in [-0.3, -0.25) is 0 Å². The van der Waals surface area contributed by atoms with Gasteiger partial charge in [-0.25, -0.2) is 0 Å². The van der Waals surface area contributed by atoms with Gasteiger partial charge in [0, 0.05) is 45.4 Å². The maximum atomic E-state index is 6.28. The summed E-state index contributed by atoms with van der Waals surface area (Å²) in [6.45, 7) is 2.02. The normalized spacial score (nSPS) is 19.3. The maximum absolute atomic E-state index is 6.28. The average Bonchev–Trinajstić information content (AvgIpc) is 2.98. The van der Waals surface area contributed by atoms with E-state index in [1.165, 1.54) is 30.5 Å². The Morgan fingerprint density at radius 3 is 2.48 bits per heavy atom. The number of nitrogens with zero attached hydrogens (tertiary/aromatic N) is 1. The summed E-state index contributed by atoms with van der Waals surface area (Å²) in [6.07, 6.45) is 3.75. The van der Waals surface area contributed by atoms with E-state index in [1.54, 1.807) is 0 Å². The quantitative estimate of drug-likeness (QED) is 0.698. The zero-order chi connectivity index (χ0) is 15.2. The third kappa shape index (κ3) is 5.22. The number of likely N-dealkylation sites (tertiary alicyclic amines) is 1. The first-order valence-electron chi connectivity index (χ1n) is 8.17. The van der Waals surface area contributed by atoms with E-state index >= 15 is 0 Å². The molecule has 23 heavy (non-hydrogen) atoms. The molecule has 2 aromatic rings. The van der Waals surface area contributed by atoms with Crippen molar-refractivity contribution in [2.45, 2.75) is 31.4 Å². The van der Waals surface area contributed by atoms with Gasteiger partial charge < -0.3 is 9.64 Å². The molecule has 1 radical (unpaired) electrons. The second-order valence-corrected chi connectivity index (χ2v) is 6.06. The molecule has 1 aliphatic rings. The Hall–Kier alpha value is -0.536. The van der Waals surface area contributed by atoms with Crippen LogP contribution in [0.1, 0.15) is 36.5 Å². The van der Waals surface area contributed by atoms with Crippen LogP contribution >= 0.6 is 0 Å². The zero-order valence-corrected chi connectivity index (χ0v) is 16.7. The molecule has 2 nitrogen and oxygen atoms in total. The molecule has 1 aliphatic heterocycles. The molecule has 0 bridgehead atoms. The summed E-state index contributed by atoms with van der Waals surface area (Å²) in [5.41, 5.74) is 2.42. The molecule has 0 amide bonds. The van der Waals surface area contributed by atoms with Gasteiger partial charge in [-0.15, -0.1) is 5.56 Å². The molecule has 3 rings (SSSR count). The van der Waals surface area contributed by atoms with Crippen molar-refractivity contribution in [1.82, 2.24) is 4.90 Å². The average molecular weight is 383 g/mol. The van der Waals surface area contributed by atoms with Crippen LogP contribution in [0, 0.1) is 6.07 Å². The van der Waals surface area contributed by atoms with E-state index in [0.717, 1.165) is 13.0 Å². The summed E-state index contributed by atoms with van der Waals surface area (Å²) in [6, 6.07) is 22.4. The van der Waals surface area contributed by atoms with Crippen LogP contribution in [0.15, 0.2) is 54.6 Å². The number of ether oxygens (including phenoxy) is 1. The van der Waals surface area contributed by atoms with Crippen LogP contribution in [-0.4, -0.2) is 31.1 Å². The molecule has 1 fully saturated rings. The third-order valence-corrected chi connectivity index (χ3v) is 4.56. The van der Waals surface area contributed by atoms with Crippen molar-refractivity contribution in [2.75, 3.05) is 20.2 Å². The number of benzene rings is 2. The van der Waals surface area contributed by atoms with Crippen molar-refractivity contribution in [1.29, 1.82) is 0 Å². The van der Waals surface area contributed by atoms with E-state index in [4.69, 9.17) is 4.74 Å². The Kier molecular flexibility index (Phi) is 7.92. The molecule has 1 saturated heterocycles. The summed E-state index contributed by atoms with van der Waals surface area (Å²) in [5.74, 6) is 0. The third-order valence-electron chi connectivity index (χ3n) is 4.56. The largest absolute Gasteiger partial charge is 0.371 e. The van der Waals surface area contributed by atoms with Crippen LogP contribution in [-0.2, 0) is 37.4 Å². The fourth-order valence-corrected chi connectivity index (χ4v) is 3.25. The first-order chi connectivity index (χ1) is 10.8. The van der Waals surface area contributed by atoms with Gasteiger partial charge in [-0.1, -0.05) is 30.3 Å². The predicted octanol–water partition coefficient (Wildman–Crippen LogP) is 4.07. The molecular weight excluding hydrogens is 359 g/mol. The van der Waals surface area contributed by atoms with Gasteiger partial charge >= 0.3 is 0 Å². The standard InChI is InChI=1S/C20H24NO.Y/c1-21-15-8-13-19(21)14-16-22-20(17-9-4-2-5-10-17)18-11-6-3-7-12-18;/h2,4-7,9-12,19-20H,8,13-16H2,1H3;/q-1;. The molecule has 0 saturated carbocycles. The van der Waals surface area contributed by atoms with Gasteiger partial charge in [0.25, 0.3) is 0 Å². The van der Waals surface area contributed by atoms with E-state index in [0.29, 0.717) is 6.04 Å². The first-order valence-corrected chi connectivity index (χ1v) is 8.17. The fraction of sp³-hybridized carbons (Fsp3) is 0.400. The zero-order valence-electron chi connectivity index (χ0n) is 13.8. The second-order valence-electron chi connectivity index (χ2n) is 6.06. The van der Waals surface area contributed by atoms with Gasteiger partial charge in [-0.2, -0.15) is 30.3 Å². The van der Waals surface area contributed by atoms with E-state index in [1.807, 2.05) is 18.2 Å². The Labute approximate surface area is 165 Å². The summed E-state index contributed by atoms with van der Waals surface area (Å²) in [4.78, 5) is 2.46. The summed E-state index contributed by atoms with van der Waals surface area (Å²) >= 11 is 0. The maximum Gasteiger partial charge on any atom is 0.0856 e. The SMILES string of the molecule is CN1CCCC1CCOC(c1cc[c-]cc1)c1ccccc1.[Y]. The Bertz CT molecular complexity index is 521. The summed E-state index contributed by atoms with van der Waals surface area (Å²) in [5, 5.41) is 0. The van der Waals surface area contributed by atoms with Crippen LogP contribution in [0.2, 0.25) is 0 Å². The molecule has 0 aliphatic carbocycles. The van der Waals surface area contributed by atoms with Crippen LogP contribution in [0.4, 0.5) is 0 Å². The van der Waals surface area contributed by atoms with Crippen molar-refractivity contribution in [3.63, 3.8) is 0 Å². The van der Waals surface area contributed by atoms with Crippen LogP contribution in [0.5, 0.6) is 0 Å². The molecule has 3 heteroatoms. The summed E-state index contributed by atoms with van der Waals surface area (Å²) in [7, 11) is 2.22. The van der Waals surface area contributed by atoms with Crippen molar-refractivity contribution in [3.05, 3.63) is 71.8 Å². The smallest absolute Gasteiger partial charge is 0.0856 e. The summed E-state index contributed by atoms with van der Waals surface area (Å²) < 4.78 is 6.28. The molecule has 0 spiro atoms. The van der Waals surface area contributed by atoms with Crippen molar-refractivity contribution < 1.29 is 37.4 Å². The van der Waals surface area contributed by atoms with Gasteiger partial charge in [0.1, 0.15) is 0 Å². The molecule has 2 aromatic carbocycles. The van der Waals surface area contributed by atoms with Gasteiger partial charge in [-0.05, 0) is 38.4 Å². The topological polar surface area (TPSA) is 12.5 Å². The second kappa shape index (κ2) is 9.69. The predicted molar refractivity (Wildman–Crippen MR) is 89.8 cm³/mol. The minimum absolute atomic E-state index is 0. The molecular formula is C20H24NOY-. The number of hydrogen-bond acceptors (Lipinski definition) is 2. The molecule has 0 aromatic heterocycles. The van der Waals surface area contributed by atoms with Crippen LogP contribution in [0.3, 0.4) is 0 Å². The van der Waals surface area contributed by atoms with Gasteiger partial charge in [0.05, 0.1) is 6.10 Å². The van der Waals surface area contributed by atoms with Crippen LogP contribution < -0.4 is 0 Å². The van der Waals surface area contributed by atoms with Crippen molar-refractivity contribution in [3.8, 4) is 0 Å². The van der Waals surface area contributed by atoms with Crippen molar-refractivity contribution >= 4 is 0 Å². The van der Waals surface area contributed by atoms with Crippen molar-refractivity contribution in [2.24, 2.45) is 0 Å². The molecule has 0 N–H and O–H groups in total. The molecule has 2 unspecified atom stereocenters. The molecule has 2 atom stereocenters. The molecule has 119 valence electrons. The van der Waals surface area contributed by atoms with Crippen LogP contribution in [0.25, 0.3) is 0 Å². The Balaban J connectivity index is 0.00000192. The van der Waals surface area contributed by atoms with E-state index in [-0.39, 0.29) is 38.8 Å². The van der Waals surface area contributed by atoms with Gasteiger partial charge in [0.15, 0.2) is 0 Å². The molecule has 1 heterocycles. The monoisotopic (exact) mass is 383 g/mol. The Morgan fingerprint density at radius 2 is 1.83 bits per heavy atom. The Morgan fingerprint density at radius 1 is 1.13 bits per heavy atom. The van der Waals surface area contributed by atoms with E-state index in [2.05, 4.69) is 54.4 Å². The fourth-order valence-electron chi connectivity index (χ4n) is 3.25. The van der Waals surface area contributed by atoms with Gasteiger partial charge in [0.2, 0.25) is 0 Å². The minimum atomic E-state index is 0. The first kappa shape index (κ1) is 18.8. The number of hydrogen-bond donors (Lipinski definition) is 0. The number of rotatable bonds is 6. The minimum Gasteiger partial charge on any atom is -0.371 e. The van der Waals surface area contributed by atoms with E-state index in [9.17, 15) is 0 Å².